The van der Waals surface area contributed by atoms with Crippen LogP contribution in [0.5, 0.6) is 0 Å². The molecule has 4 rings (SSSR count). The van der Waals surface area contributed by atoms with Crippen molar-refractivity contribution in [3.8, 4) is 0 Å². The summed E-state index contributed by atoms with van der Waals surface area (Å²) in [5.41, 5.74) is 3.35. The van der Waals surface area contributed by atoms with Gasteiger partial charge in [0.1, 0.15) is 0 Å². The van der Waals surface area contributed by atoms with Crippen LogP contribution in [-0.2, 0) is 22.6 Å². The molecule has 1 aliphatic heterocycles. The minimum atomic E-state index is 0.00867. The van der Waals surface area contributed by atoms with Crippen LogP contribution >= 0.6 is 0 Å². The van der Waals surface area contributed by atoms with Gasteiger partial charge in [-0.1, -0.05) is 24.3 Å². The van der Waals surface area contributed by atoms with Gasteiger partial charge in [0.25, 0.3) is 0 Å². The molecule has 2 aliphatic rings. The SMILES string of the molecule is O=C(NCc1cccnc1)C1CCC(C(=O)N2CCCc3ccccc32)CC1. The number of fused-ring (bicyclic) bond motifs is 1. The van der Waals surface area contributed by atoms with Crippen LogP contribution in [0.25, 0.3) is 0 Å². The lowest BCUT2D eigenvalue weighted by Gasteiger charge is -2.34. The van der Waals surface area contributed by atoms with Gasteiger partial charge in [-0.2, -0.15) is 0 Å². The molecule has 1 fully saturated rings. The Morgan fingerprint density at radius 1 is 1.04 bits per heavy atom. The van der Waals surface area contributed by atoms with Crippen molar-refractivity contribution >= 4 is 17.5 Å². The van der Waals surface area contributed by atoms with Gasteiger partial charge in [-0.25, -0.2) is 0 Å². The Labute approximate surface area is 166 Å². The molecule has 28 heavy (non-hydrogen) atoms. The predicted molar refractivity (Wildman–Crippen MR) is 109 cm³/mol. The highest BCUT2D eigenvalue weighted by atomic mass is 16.2. The lowest BCUT2D eigenvalue weighted by molar-refractivity contribution is -0.129. The first-order chi connectivity index (χ1) is 13.7. The molecule has 1 aromatic heterocycles. The fourth-order valence-corrected chi connectivity index (χ4v) is 4.42. The van der Waals surface area contributed by atoms with Crippen LogP contribution in [0.15, 0.2) is 48.8 Å². The number of aryl methyl sites for hydroxylation is 1. The van der Waals surface area contributed by atoms with Crippen molar-refractivity contribution in [1.82, 2.24) is 10.3 Å². The maximum absolute atomic E-state index is 13.1. The normalized spacial score (nSPS) is 21.6. The molecule has 0 atom stereocenters. The molecule has 2 heterocycles. The monoisotopic (exact) mass is 377 g/mol. The lowest BCUT2D eigenvalue weighted by atomic mass is 9.80. The molecule has 1 N–H and O–H groups in total. The summed E-state index contributed by atoms with van der Waals surface area (Å²) in [6.45, 7) is 1.32. The number of rotatable bonds is 4. The standard InChI is InChI=1S/C23H27N3O2/c27-22(25-16-17-5-3-13-24-15-17)19-9-11-20(12-10-19)23(28)26-14-4-7-18-6-1-2-8-21(18)26/h1-3,5-6,8,13,15,19-20H,4,7,9-12,14,16H2,(H,25,27). The first-order valence-electron chi connectivity index (χ1n) is 10.3. The average Bonchev–Trinajstić information content (AvgIpc) is 2.77. The Hall–Kier alpha value is -2.69. The minimum Gasteiger partial charge on any atom is -0.352 e. The molecule has 5 heteroatoms. The van der Waals surface area contributed by atoms with Crippen LogP contribution in [0.2, 0.25) is 0 Å². The maximum atomic E-state index is 13.1. The average molecular weight is 377 g/mol. The second-order valence-corrected chi connectivity index (χ2v) is 7.85. The molecule has 0 spiro atoms. The molecule has 5 nitrogen and oxygen atoms in total. The topological polar surface area (TPSA) is 62.3 Å². The Bertz CT molecular complexity index is 829. The summed E-state index contributed by atoms with van der Waals surface area (Å²) >= 11 is 0. The second-order valence-electron chi connectivity index (χ2n) is 7.85. The zero-order chi connectivity index (χ0) is 19.3. The number of nitrogens with one attached hydrogen (secondary N) is 1. The third-order valence-corrected chi connectivity index (χ3v) is 6.01. The van der Waals surface area contributed by atoms with E-state index in [4.69, 9.17) is 0 Å². The molecule has 1 saturated carbocycles. The quantitative estimate of drug-likeness (QED) is 0.887. The van der Waals surface area contributed by atoms with Gasteiger partial charge in [-0.05, 0) is 61.8 Å². The summed E-state index contributed by atoms with van der Waals surface area (Å²) in [7, 11) is 0. The number of para-hydroxylation sites is 1. The summed E-state index contributed by atoms with van der Waals surface area (Å²) in [4.78, 5) is 31.7. The van der Waals surface area contributed by atoms with E-state index in [2.05, 4.69) is 22.4 Å². The van der Waals surface area contributed by atoms with Gasteiger partial charge in [0, 0.05) is 43.0 Å². The molecule has 146 valence electrons. The maximum Gasteiger partial charge on any atom is 0.230 e. The highest BCUT2D eigenvalue weighted by Crippen LogP contribution is 2.34. The Kier molecular flexibility index (Phi) is 5.70. The van der Waals surface area contributed by atoms with Gasteiger partial charge in [-0.15, -0.1) is 0 Å². The molecular formula is C23H27N3O2. The van der Waals surface area contributed by atoms with Crippen molar-refractivity contribution < 1.29 is 9.59 Å². The third kappa shape index (κ3) is 4.08. The van der Waals surface area contributed by atoms with Crippen molar-refractivity contribution in [2.24, 2.45) is 11.8 Å². The van der Waals surface area contributed by atoms with Crippen molar-refractivity contribution in [1.29, 1.82) is 0 Å². The van der Waals surface area contributed by atoms with Gasteiger partial charge in [0.2, 0.25) is 11.8 Å². The summed E-state index contributed by atoms with van der Waals surface area (Å²) in [6, 6.07) is 12.1. The first kappa shape index (κ1) is 18.7. The number of carbonyl (C=O) groups is 2. The summed E-state index contributed by atoms with van der Waals surface area (Å²) in [5.74, 6) is 0.377. The smallest absolute Gasteiger partial charge is 0.230 e. The van der Waals surface area contributed by atoms with E-state index in [1.54, 1.807) is 12.4 Å². The molecule has 0 saturated heterocycles. The summed E-state index contributed by atoms with van der Waals surface area (Å²) in [6.07, 6.45) is 8.72. The van der Waals surface area contributed by atoms with Crippen molar-refractivity contribution in [2.45, 2.75) is 45.1 Å². The Morgan fingerprint density at radius 3 is 2.61 bits per heavy atom. The number of amides is 2. The van der Waals surface area contributed by atoms with E-state index in [1.807, 2.05) is 29.2 Å². The number of carbonyl (C=O) groups excluding carboxylic acids is 2. The zero-order valence-electron chi connectivity index (χ0n) is 16.1. The van der Waals surface area contributed by atoms with Crippen LogP contribution in [0.1, 0.15) is 43.2 Å². The highest BCUT2D eigenvalue weighted by molar-refractivity contribution is 5.96. The molecule has 0 bridgehead atoms. The number of nitrogens with zero attached hydrogens (tertiary/aromatic N) is 2. The first-order valence-corrected chi connectivity index (χ1v) is 10.3. The van der Waals surface area contributed by atoms with Crippen molar-refractivity contribution in [2.75, 3.05) is 11.4 Å². The highest BCUT2D eigenvalue weighted by Gasteiger charge is 2.33. The predicted octanol–water partition coefficient (Wildman–Crippen LogP) is 3.48. The van der Waals surface area contributed by atoms with E-state index >= 15 is 0 Å². The number of anilines is 1. The summed E-state index contributed by atoms with van der Waals surface area (Å²) in [5, 5.41) is 3.01. The van der Waals surface area contributed by atoms with Gasteiger partial charge >= 0.3 is 0 Å². The number of benzene rings is 1. The van der Waals surface area contributed by atoms with Crippen molar-refractivity contribution in [3.05, 3.63) is 59.9 Å². The van der Waals surface area contributed by atoms with E-state index in [1.165, 1.54) is 5.56 Å². The van der Waals surface area contributed by atoms with Crippen LogP contribution in [0.3, 0.4) is 0 Å². The van der Waals surface area contributed by atoms with Crippen molar-refractivity contribution in [3.63, 3.8) is 0 Å². The van der Waals surface area contributed by atoms with E-state index in [9.17, 15) is 9.59 Å². The van der Waals surface area contributed by atoms with E-state index < -0.39 is 0 Å². The molecule has 2 amide bonds. The van der Waals surface area contributed by atoms with Gasteiger partial charge in [-0.3, -0.25) is 14.6 Å². The third-order valence-electron chi connectivity index (χ3n) is 6.01. The minimum absolute atomic E-state index is 0.00867. The molecule has 1 aliphatic carbocycles. The molecule has 1 aromatic carbocycles. The fourth-order valence-electron chi connectivity index (χ4n) is 4.42. The number of hydrogen-bond acceptors (Lipinski definition) is 3. The molecular weight excluding hydrogens is 350 g/mol. The zero-order valence-corrected chi connectivity index (χ0v) is 16.1. The van der Waals surface area contributed by atoms with Crippen LogP contribution in [0, 0.1) is 11.8 Å². The number of pyridine rings is 1. The summed E-state index contributed by atoms with van der Waals surface area (Å²) < 4.78 is 0. The fraction of sp³-hybridized carbons (Fsp3) is 0.435. The van der Waals surface area contributed by atoms with Gasteiger partial charge < -0.3 is 10.2 Å². The van der Waals surface area contributed by atoms with Crippen LogP contribution < -0.4 is 10.2 Å². The molecule has 0 unspecified atom stereocenters. The largest absolute Gasteiger partial charge is 0.352 e. The number of hydrogen-bond donors (Lipinski definition) is 1. The second kappa shape index (κ2) is 8.55. The van der Waals surface area contributed by atoms with Crippen LogP contribution in [-0.4, -0.2) is 23.3 Å². The van der Waals surface area contributed by atoms with Gasteiger partial charge in [0.15, 0.2) is 0 Å². The number of aromatic nitrogens is 1. The van der Waals surface area contributed by atoms with E-state index in [0.29, 0.717) is 6.54 Å². The Morgan fingerprint density at radius 2 is 1.82 bits per heavy atom. The van der Waals surface area contributed by atoms with Crippen LogP contribution in [0.4, 0.5) is 5.69 Å². The van der Waals surface area contributed by atoms with E-state index in [0.717, 1.165) is 56.3 Å². The van der Waals surface area contributed by atoms with Gasteiger partial charge in [0.05, 0.1) is 0 Å². The molecule has 2 aromatic rings. The lowest BCUT2D eigenvalue weighted by Crippen LogP contribution is -2.42. The van der Waals surface area contributed by atoms with E-state index in [-0.39, 0.29) is 23.7 Å². The molecule has 0 radical (unpaired) electrons. The Balaban J connectivity index is 1.30.